The summed E-state index contributed by atoms with van der Waals surface area (Å²) in [6.45, 7) is 0.286. The summed E-state index contributed by atoms with van der Waals surface area (Å²) in [6.07, 6.45) is 2.49. The van der Waals surface area contributed by atoms with Crippen molar-refractivity contribution < 1.29 is 8.42 Å². The van der Waals surface area contributed by atoms with Crippen LogP contribution in [0, 0.1) is 0 Å². The highest BCUT2D eigenvalue weighted by atomic mass is 79.9. The molecule has 3 N–H and O–H groups in total. The van der Waals surface area contributed by atoms with E-state index < -0.39 is 9.84 Å². The lowest BCUT2D eigenvalue weighted by Gasteiger charge is -2.07. The molecule has 0 saturated carbocycles. The van der Waals surface area contributed by atoms with Crippen molar-refractivity contribution in [2.24, 2.45) is 0 Å². The van der Waals surface area contributed by atoms with E-state index >= 15 is 0 Å². The first-order chi connectivity index (χ1) is 6.90. The minimum atomic E-state index is -2.97. The number of hydrogen-bond donors (Lipinski definition) is 2. The summed E-state index contributed by atoms with van der Waals surface area (Å²) in [7, 11) is -2.97. The van der Waals surface area contributed by atoms with Crippen molar-refractivity contribution in [2.75, 3.05) is 29.6 Å². The van der Waals surface area contributed by atoms with Crippen LogP contribution in [-0.4, -0.2) is 36.9 Å². The Hall–Kier alpha value is -0.890. The quantitative estimate of drug-likeness (QED) is 0.828. The Labute approximate surface area is 96.3 Å². The molecule has 0 aliphatic heterocycles. The van der Waals surface area contributed by atoms with Gasteiger partial charge in [-0.1, -0.05) is 0 Å². The first-order valence-corrected chi connectivity index (χ1v) is 6.93. The highest BCUT2D eigenvalue weighted by Crippen LogP contribution is 2.23. The molecule has 0 amide bonds. The van der Waals surface area contributed by atoms with Crippen LogP contribution in [0.4, 0.5) is 11.6 Å². The fourth-order valence-corrected chi connectivity index (χ4v) is 1.68. The monoisotopic (exact) mass is 294 g/mol. The van der Waals surface area contributed by atoms with Crippen LogP contribution < -0.4 is 11.1 Å². The number of nitrogens with zero attached hydrogens (tertiary/aromatic N) is 2. The van der Waals surface area contributed by atoms with E-state index in [-0.39, 0.29) is 12.3 Å². The molecule has 1 aromatic rings. The van der Waals surface area contributed by atoms with Crippen LogP contribution in [0.2, 0.25) is 0 Å². The molecule has 0 aliphatic carbocycles. The number of nitrogens with two attached hydrogens (primary N) is 1. The zero-order chi connectivity index (χ0) is 11.5. The molecule has 0 atom stereocenters. The summed E-state index contributed by atoms with van der Waals surface area (Å²) in [5, 5.41) is 2.85. The van der Waals surface area contributed by atoms with Gasteiger partial charge in [0.15, 0.2) is 0 Å². The molecule has 15 heavy (non-hydrogen) atoms. The number of halogens is 1. The molecule has 1 aromatic heterocycles. The zero-order valence-electron chi connectivity index (χ0n) is 8.07. The van der Waals surface area contributed by atoms with Crippen LogP contribution in [0.15, 0.2) is 10.8 Å². The highest BCUT2D eigenvalue weighted by molar-refractivity contribution is 9.10. The van der Waals surface area contributed by atoms with Crippen molar-refractivity contribution >= 4 is 37.4 Å². The summed E-state index contributed by atoms with van der Waals surface area (Å²) in [4.78, 5) is 7.67. The van der Waals surface area contributed by atoms with Crippen LogP contribution in [0.3, 0.4) is 0 Å². The number of sulfone groups is 1. The molecule has 0 aromatic carbocycles. The van der Waals surface area contributed by atoms with E-state index in [0.29, 0.717) is 16.1 Å². The second-order valence-corrected chi connectivity index (χ2v) is 6.03. The van der Waals surface area contributed by atoms with Gasteiger partial charge in [0.05, 0.1) is 5.75 Å². The second-order valence-electron chi connectivity index (χ2n) is 2.98. The Bertz CT molecular complexity index is 448. The standard InChI is InChI=1S/C7H11BrN4O2S/c1-15(13,14)3-2-10-7-5(8)6(9)11-4-12-7/h4H,2-3H2,1H3,(H3,9,10,11,12). The lowest BCUT2D eigenvalue weighted by molar-refractivity contribution is 0.602. The van der Waals surface area contributed by atoms with Gasteiger partial charge in [-0.05, 0) is 15.9 Å². The molecule has 1 rings (SSSR count). The Kier molecular flexibility index (Phi) is 3.86. The van der Waals surface area contributed by atoms with E-state index in [1.165, 1.54) is 12.6 Å². The molecule has 84 valence electrons. The SMILES string of the molecule is CS(=O)(=O)CCNc1ncnc(N)c1Br. The minimum absolute atomic E-state index is 0.0450. The van der Waals surface area contributed by atoms with Gasteiger partial charge in [-0.25, -0.2) is 18.4 Å². The number of rotatable bonds is 4. The predicted molar refractivity (Wildman–Crippen MR) is 62.3 cm³/mol. The Balaban J connectivity index is 2.62. The fourth-order valence-electron chi connectivity index (χ4n) is 0.862. The van der Waals surface area contributed by atoms with Crippen LogP contribution >= 0.6 is 15.9 Å². The second kappa shape index (κ2) is 4.75. The molecule has 0 spiro atoms. The molecule has 1 heterocycles. The van der Waals surface area contributed by atoms with E-state index in [4.69, 9.17) is 5.73 Å². The third kappa shape index (κ3) is 4.00. The molecule has 0 bridgehead atoms. The van der Waals surface area contributed by atoms with Gasteiger partial charge < -0.3 is 11.1 Å². The van der Waals surface area contributed by atoms with Crippen LogP contribution in [0.5, 0.6) is 0 Å². The number of nitrogen functional groups attached to an aromatic ring is 1. The normalized spacial score (nSPS) is 11.3. The lowest BCUT2D eigenvalue weighted by atomic mass is 10.5. The fraction of sp³-hybridized carbons (Fsp3) is 0.429. The zero-order valence-corrected chi connectivity index (χ0v) is 10.5. The average Bonchev–Trinajstić information content (AvgIpc) is 2.10. The van der Waals surface area contributed by atoms with Crippen molar-refractivity contribution in [1.29, 1.82) is 0 Å². The average molecular weight is 295 g/mol. The summed E-state index contributed by atoms with van der Waals surface area (Å²) in [6, 6.07) is 0. The summed E-state index contributed by atoms with van der Waals surface area (Å²) in [5.74, 6) is 0.849. The van der Waals surface area contributed by atoms with Crippen molar-refractivity contribution in [1.82, 2.24) is 9.97 Å². The predicted octanol–water partition coefficient (Wildman–Crippen LogP) is 0.278. The van der Waals surface area contributed by atoms with Crippen molar-refractivity contribution in [2.45, 2.75) is 0 Å². The molecular formula is C7H11BrN4O2S. The smallest absolute Gasteiger partial charge is 0.149 e. The van der Waals surface area contributed by atoms with Gasteiger partial charge in [0.1, 0.15) is 32.3 Å². The number of nitrogens with one attached hydrogen (secondary N) is 1. The largest absolute Gasteiger partial charge is 0.383 e. The lowest BCUT2D eigenvalue weighted by Crippen LogP contribution is -2.15. The first kappa shape index (κ1) is 12.2. The molecule has 8 heteroatoms. The van der Waals surface area contributed by atoms with Crippen LogP contribution in [-0.2, 0) is 9.84 Å². The molecule has 6 nitrogen and oxygen atoms in total. The Morgan fingerprint density at radius 1 is 1.53 bits per heavy atom. The Morgan fingerprint density at radius 3 is 2.80 bits per heavy atom. The number of aromatic nitrogens is 2. The topological polar surface area (TPSA) is 98.0 Å². The number of hydrogen-bond acceptors (Lipinski definition) is 6. The van der Waals surface area contributed by atoms with Gasteiger partial charge >= 0.3 is 0 Å². The summed E-state index contributed by atoms with van der Waals surface area (Å²) >= 11 is 3.20. The Morgan fingerprint density at radius 2 is 2.20 bits per heavy atom. The third-order valence-electron chi connectivity index (χ3n) is 1.58. The van der Waals surface area contributed by atoms with E-state index in [2.05, 4.69) is 31.2 Å². The minimum Gasteiger partial charge on any atom is -0.383 e. The third-order valence-corrected chi connectivity index (χ3v) is 3.31. The van der Waals surface area contributed by atoms with Gasteiger partial charge in [0.25, 0.3) is 0 Å². The first-order valence-electron chi connectivity index (χ1n) is 4.08. The maximum atomic E-state index is 10.9. The molecule has 0 saturated heterocycles. The maximum Gasteiger partial charge on any atom is 0.149 e. The molecule has 0 radical (unpaired) electrons. The van der Waals surface area contributed by atoms with Crippen molar-refractivity contribution in [3.63, 3.8) is 0 Å². The van der Waals surface area contributed by atoms with Gasteiger partial charge in [0.2, 0.25) is 0 Å². The van der Waals surface area contributed by atoms with E-state index in [0.717, 1.165) is 0 Å². The molecule has 0 unspecified atom stereocenters. The van der Waals surface area contributed by atoms with Gasteiger partial charge in [-0.2, -0.15) is 0 Å². The molecular weight excluding hydrogens is 284 g/mol. The molecule has 0 aliphatic rings. The van der Waals surface area contributed by atoms with E-state index in [1.54, 1.807) is 0 Å². The van der Waals surface area contributed by atoms with Crippen molar-refractivity contribution in [3.05, 3.63) is 10.8 Å². The maximum absolute atomic E-state index is 10.9. The number of anilines is 2. The summed E-state index contributed by atoms with van der Waals surface area (Å²) in [5.41, 5.74) is 5.52. The van der Waals surface area contributed by atoms with Crippen molar-refractivity contribution in [3.8, 4) is 0 Å². The molecule has 0 fully saturated rings. The van der Waals surface area contributed by atoms with Gasteiger partial charge in [-0.15, -0.1) is 0 Å². The van der Waals surface area contributed by atoms with E-state index in [9.17, 15) is 8.42 Å². The van der Waals surface area contributed by atoms with Crippen LogP contribution in [0.25, 0.3) is 0 Å². The van der Waals surface area contributed by atoms with Gasteiger partial charge in [0, 0.05) is 12.8 Å². The van der Waals surface area contributed by atoms with Crippen LogP contribution in [0.1, 0.15) is 0 Å². The summed E-state index contributed by atoms with van der Waals surface area (Å²) < 4.78 is 22.3. The van der Waals surface area contributed by atoms with E-state index in [1.807, 2.05) is 0 Å². The highest BCUT2D eigenvalue weighted by Gasteiger charge is 2.06. The van der Waals surface area contributed by atoms with Gasteiger partial charge in [-0.3, -0.25) is 0 Å².